The van der Waals surface area contributed by atoms with Crippen molar-refractivity contribution < 1.29 is 0 Å². The molecule has 3 heterocycles. The molecule has 0 radical (unpaired) electrons. The fraction of sp³-hybridized carbons (Fsp3) is 0.0476. The Morgan fingerprint density at radius 2 is 1.56 bits per heavy atom. The van der Waals surface area contributed by atoms with E-state index in [0.717, 1.165) is 33.2 Å². The van der Waals surface area contributed by atoms with Gasteiger partial charge in [-0.2, -0.15) is 0 Å². The molecule has 2 aromatic carbocycles. The summed E-state index contributed by atoms with van der Waals surface area (Å²) in [5.74, 6) is 0. The summed E-state index contributed by atoms with van der Waals surface area (Å²) in [5, 5.41) is 1.98. The Labute approximate surface area is 142 Å². The van der Waals surface area contributed by atoms with E-state index in [9.17, 15) is 9.59 Å². The Kier molecular flexibility index (Phi) is 2.82. The Morgan fingerprint density at radius 1 is 0.800 bits per heavy atom. The Hall–Kier alpha value is -3.40. The highest BCUT2D eigenvalue weighted by atomic mass is 16.2. The van der Waals surface area contributed by atoms with Crippen LogP contribution < -0.4 is 11.0 Å². The van der Waals surface area contributed by atoms with Crippen LogP contribution in [-0.2, 0) is 6.54 Å². The number of para-hydroxylation sites is 1. The van der Waals surface area contributed by atoms with E-state index in [2.05, 4.69) is 12.1 Å². The lowest BCUT2D eigenvalue weighted by molar-refractivity contribution is 0.793. The molecule has 120 valence electrons. The van der Waals surface area contributed by atoms with E-state index in [-0.39, 0.29) is 0 Å². The van der Waals surface area contributed by atoms with Crippen molar-refractivity contribution in [3.8, 4) is 11.4 Å². The van der Waals surface area contributed by atoms with Crippen LogP contribution in [0.3, 0.4) is 0 Å². The molecule has 0 aliphatic carbocycles. The predicted octanol–water partition coefficient (Wildman–Crippen LogP) is 3.21. The number of aromatic nitrogens is 2. The van der Waals surface area contributed by atoms with Gasteiger partial charge in [0.25, 0.3) is 0 Å². The van der Waals surface area contributed by atoms with Crippen LogP contribution in [0, 0.1) is 0 Å². The molecule has 0 atom stereocenters. The number of hydrogen-bond acceptors (Lipinski definition) is 2. The molecule has 0 saturated carbocycles. The largest absolute Gasteiger partial charge is 0.342 e. The molecule has 4 nitrogen and oxygen atoms in total. The van der Waals surface area contributed by atoms with Gasteiger partial charge in [-0.25, -0.2) is 0 Å². The quantitative estimate of drug-likeness (QED) is 0.468. The van der Waals surface area contributed by atoms with Crippen LogP contribution in [0.1, 0.15) is 5.56 Å². The monoisotopic (exact) mass is 326 g/mol. The van der Waals surface area contributed by atoms with E-state index in [1.807, 2.05) is 59.3 Å². The van der Waals surface area contributed by atoms with Crippen molar-refractivity contribution in [1.29, 1.82) is 0 Å². The Bertz CT molecular complexity index is 1300. The molecule has 0 spiro atoms. The summed E-state index contributed by atoms with van der Waals surface area (Å²) in [5.41, 5.74) is 2.54. The third-order valence-corrected chi connectivity index (χ3v) is 4.76. The molecule has 2 aliphatic rings. The van der Waals surface area contributed by atoms with Gasteiger partial charge in [0.2, 0.25) is 5.43 Å². The second-order valence-corrected chi connectivity index (χ2v) is 6.24. The fourth-order valence-electron chi connectivity index (χ4n) is 3.64. The first-order valence-electron chi connectivity index (χ1n) is 8.17. The van der Waals surface area contributed by atoms with Gasteiger partial charge in [0.1, 0.15) is 0 Å². The molecule has 0 N–H and O–H groups in total. The molecule has 1 aromatic heterocycles. The van der Waals surface area contributed by atoms with Crippen LogP contribution in [0.25, 0.3) is 27.7 Å². The van der Waals surface area contributed by atoms with Crippen LogP contribution >= 0.6 is 0 Å². The van der Waals surface area contributed by atoms with Gasteiger partial charge in [-0.1, -0.05) is 48.5 Å². The predicted molar refractivity (Wildman–Crippen MR) is 98.8 cm³/mol. The van der Waals surface area contributed by atoms with Gasteiger partial charge in [-0.05, 0) is 17.7 Å². The SMILES string of the molecule is O=c1cc2n(Cc3ccccc3)ccc3c-2n(c1=O)c1ccccc31. The summed E-state index contributed by atoms with van der Waals surface area (Å²) in [6.45, 7) is 0.644. The summed E-state index contributed by atoms with van der Waals surface area (Å²) in [6.07, 6.45) is 1.99. The highest BCUT2D eigenvalue weighted by molar-refractivity contribution is 6.06. The van der Waals surface area contributed by atoms with Crippen molar-refractivity contribution in [3.05, 3.63) is 99.1 Å². The van der Waals surface area contributed by atoms with Crippen LogP contribution in [-0.4, -0.2) is 8.97 Å². The molecule has 5 rings (SSSR count). The van der Waals surface area contributed by atoms with E-state index < -0.39 is 11.0 Å². The summed E-state index contributed by atoms with van der Waals surface area (Å²) >= 11 is 0. The summed E-state index contributed by atoms with van der Waals surface area (Å²) in [6, 6.07) is 21.3. The van der Waals surface area contributed by atoms with Crippen LogP contribution in [0.2, 0.25) is 0 Å². The van der Waals surface area contributed by atoms with E-state index in [4.69, 9.17) is 0 Å². The number of fused-ring (bicyclic) bond motifs is 3. The molecule has 25 heavy (non-hydrogen) atoms. The third-order valence-electron chi connectivity index (χ3n) is 4.76. The molecule has 0 bridgehead atoms. The van der Waals surface area contributed by atoms with E-state index >= 15 is 0 Å². The maximum absolute atomic E-state index is 12.5. The van der Waals surface area contributed by atoms with Crippen LogP contribution in [0.5, 0.6) is 0 Å². The first-order valence-corrected chi connectivity index (χ1v) is 8.17. The van der Waals surface area contributed by atoms with Gasteiger partial charge in [0, 0.05) is 29.6 Å². The molecule has 0 saturated heterocycles. The number of benzene rings is 2. The van der Waals surface area contributed by atoms with Gasteiger partial charge in [-0.3, -0.25) is 14.0 Å². The second-order valence-electron chi connectivity index (χ2n) is 6.24. The van der Waals surface area contributed by atoms with E-state index in [1.165, 1.54) is 6.07 Å². The fourth-order valence-corrected chi connectivity index (χ4v) is 3.64. The normalized spacial score (nSPS) is 11.7. The maximum Gasteiger partial charge on any atom is 0.303 e. The zero-order valence-corrected chi connectivity index (χ0v) is 13.3. The van der Waals surface area contributed by atoms with Gasteiger partial charge in [-0.15, -0.1) is 0 Å². The minimum Gasteiger partial charge on any atom is -0.342 e. The van der Waals surface area contributed by atoms with Crippen molar-refractivity contribution >= 4 is 16.3 Å². The molecular formula is C21H14N2O2. The molecule has 0 fully saturated rings. The van der Waals surface area contributed by atoms with Gasteiger partial charge < -0.3 is 4.57 Å². The summed E-state index contributed by atoms with van der Waals surface area (Å²) in [7, 11) is 0. The first kappa shape index (κ1) is 14.0. The van der Waals surface area contributed by atoms with Crippen molar-refractivity contribution in [1.82, 2.24) is 8.97 Å². The topological polar surface area (TPSA) is 43.5 Å². The van der Waals surface area contributed by atoms with Crippen molar-refractivity contribution in [2.45, 2.75) is 6.54 Å². The highest BCUT2D eigenvalue weighted by Gasteiger charge is 2.21. The zero-order chi connectivity index (χ0) is 17.0. The average molecular weight is 326 g/mol. The third kappa shape index (κ3) is 1.94. The zero-order valence-electron chi connectivity index (χ0n) is 13.3. The lowest BCUT2D eigenvalue weighted by atomic mass is 10.1. The summed E-state index contributed by atoms with van der Waals surface area (Å²) < 4.78 is 3.58. The Morgan fingerprint density at radius 3 is 2.40 bits per heavy atom. The number of hydrogen-bond donors (Lipinski definition) is 0. The average Bonchev–Trinajstić information content (AvgIpc) is 2.98. The Balaban J connectivity index is 1.89. The molecule has 0 amide bonds. The van der Waals surface area contributed by atoms with Crippen molar-refractivity contribution in [2.75, 3.05) is 0 Å². The number of rotatable bonds is 2. The van der Waals surface area contributed by atoms with Gasteiger partial charge in [0.05, 0.1) is 16.9 Å². The molecule has 0 unspecified atom stereocenters. The minimum absolute atomic E-state index is 0.483. The first-order chi connectivity index (χ1) is 12.2. The van der Waals surface area contributed by atoms with Crippen LogP contribution in [0.15, 0.2) is 82.5 Å². The second kappa shape index (κ2) is 5.05. The van der Waals surface area contributed by atoms with Gasteiger partial charge >= 0.3 is 5.56 Å². The molecule has 4 heteroatoms. The minimum atomic E-state index is -0.490. The molecular weight excluding hydrogens is 312 g/mol. The number of pyridine rings is 2. The van der Waals surface area contributed by atoms with Crippen LogP contribution in [0.4, 0.5) is 0 Å². The lowest BCUT2D eigenvalue weighted by Gasteiger charge is -2.16. The number of nitrogens with zero attached hydrogens (tertiary/aromatic N) is 2. The van der Waals surface area contributed by atoms with Crippen molar-refractivity contribution in [3.63, 3.8) is 0 Å². The maximum atomic E-state index is 12.5. The molecule has 3 aromatic rings. The van der Waals surface area contributed by atoms with Gasteiger partial charge in [0.15, 0.2) is 0 Å². The molecule has 2 aliphatic heterocycles. The van der Waals surface area contributed by atoms with E-state index in [0.29, 0.717) is 6.54 Å². The highest BCUT2D eigenvalue weighted by Crippen LogP contribution is 2.34. The lowest BCUT2D eigenvalue weighted by Crippen LogP contribution is -2.31. The standard InChI is InChI=1S/C21H14N2O2/c24-19-12-18-20-16(10-11-22(18)13-14-6-2-1-3-7-14)15-8-4-5-9-17(15)23(20)21(19)25/h1-12H,13H2. The summed E-state index contributed by atoms with van der Waals surface area (Å²) in [4.78, 5) is 24.8. The van der Waals surface area contributed by atoms with Crippen molar-refractivity contribution in [2.24, 2.45) is 0 Å². The smallest absolute Gasteiger partial charge is 0.303 e. The van der Waals surface area contributed by atoms with E-state index in [1.54, 1.807) is 4.40 Å².